The molecule has 3 aliphatic rings. The van der Waals surface area contributed by atoms with Gasteiger partial charge in [-0.1, -0.05) is 6.07 Å². The molecule has 3 fully saturated rings. The molecule has 2 amide bonds. The summed E-state index contributed by atoms with van der Waals surface area (Å²) in [6.07, 6.45) is 6.84. The third kappa shape index (κ3) is 3.92. The van der Waals surface area contributed by atoms with Crippen LogP contribution >= 0.6 is 0 Å². The van der Waals surface area contributed by atoms with Crippen molar-refractivity contribution in [3.63, 3.8) is 0 Å². The molecule has 0 bridgehead atoms. The molecule has 0 atom stereocenters. The minimum absolute atomic E-state index is 0.189. The lowest BCUT2D eigenvalue weighted by atomic mass is 9.72. The molecular formula is C21H29N3O2. The Morgan fingerprint density at radius 3 is 2.69 bits per heavy atom. The Morgan fingerprint density at radius 2 is 2.00 bits per heavy atom. The molecule has 26 heavy (non-hydrogen) atoms. The molecule has 5 heteroatoms. The second-order valence-electron chi connectivity index (χ2n) is 8.55. The number of carbonyl (C=O) groups is 2. The van der Waals surface area contributed by atoms with E-state index in [0.717, 1.165) is 56.7 Å². The lowest BCUT2D eigenvalue weighted by Crippen LogP contribution is -2.52. The van der Waals surface area contributed by atoms with E-state index in [1.165, 1.54) is 12.8 Å². The first-order valence-corrected chi connectivity index (χ1v) is 10.0. The standard InChI is InChI=1S/C21H29N3O2/c1-16-3-2-4-18(22-16)14-24-15-21(8-7-19(24)25)9-11-23(12-10-21)20(26)13-17-5-6-17/h2-4,17H,5-15H2,1H3. The van der Waals surface area contributed by atoms with Crippen molar-refractivity contribution in [1.29, 1.82) is 0 Å². The van der Waals surface area contributed by atoms with Crippen molar-refractivity contribution in [3.8, 4) is 0 Å². The number of hydrogen-bond donors (Lipinski definition) is 0. The van der Waals surface area contributed by atoms with Gasteiger partial charge in [0.15, 0.2) is 0 Å². The van der Waals surface area contributed by atoms with Crippen LogP contribution in [-0.4, -0.2) is 46.2 Å². The number of piperidine rings is 2. The summed E-state index contributed by atoms with van der Waals surface area (Å²) < 4.78 is 0. The van der Waals surface area contributed by atoms with Crippen molar-refractivity contribution in [2.45, 2.75) is 58.4 Å². The maximum absolute atomic E-state index is 12.4. The van der Waals surface area contributed by atoms with Crippen molar-refractivity contribution in [3.05, 3.63) is 29.6 Å². The van der Waals surface area contributed by atoms with Crippen LogP contribution < -0.4 is 0 Å². The number of rotatable bonds is 4. The lowest BCUT2D eigenvalue weighted by molar-refractivity contribution is -0.143. The van der Waals surface area contributed by atoms with Gasteiger partial charge >= 0.3 is 0 Å². The Morgan fingerprint density at radius 1 is 1.23 bits per heavy atom. The number of carbonyl (C=O) groups excluding carboxylic acids is 2. The van der Waals surface area contributed by atoms with Crippen molar-refractivity contribution < 1.29 is 9.59 Å². The number of amides is 2. The van der Waals surface area contributed by atoms with Gasteiger partial charge in [-0.25, -0.2) is 0 Å². The summed E-state index contributed by atoms with van der Waals surface area (Å²) in [5.41, 5.74) is 2.14. The molecule has 0 N–H and O–H groups in total. The average Bonchev–Trinajstić information content (AvgIpc) is 3.43. The second-order valence-corrected chi connectivity index (χ2v) is 8.55. The number of hydrogen-bond acceptors (Lipinski definition) is 3. The zero-order valence-corrected chi connectivity index (χ0v) is 15.7. The minimum atomic E-state index is 0.189. The zero-order valence-electron chi connectivity index (χ0n) is 15.7. The fraction of sp³-hybridized carbons (Fsp3) is 0.667. The molecule has 2 aliphatic heterocycles. The molecule has 2 saturated heterocycles. The van der Waals surface area contributed by atoms with Gasteiger partial charge in [0, 0.05) is 38.2 Å². The molecule has 0 aromatic carbocycles. The quantitative estimate of drug-likeness (QED) is 0.834. The molecular weight excluding hydrogens is 326 g/mol. The van der Waals surface area contributed by atoms with Crippen molar-refractivity contribution in [2.24, 2.45) is 11.3 Å². The highest BCUT2D eigenvalue weighted by molar-refractivity contribution is 5.78. The SMILES string of the molecule is Cc1cccc(CN2CC3(CCC2=O)CCN(C(=O)CC2CC2)CC3)n1. The van der Waals surface area contributed by atoms with E-state index in [1.807, 2.05) is 30.0 Å². The van der Waals surface area contributed by atoms with E-state index in [0.29, 0.717) is 24.8 Å². The molecule has 0 unspecified atom stereocenters. The molecule has 1 aliphatic carbocycles. The molecule has 1 aromatic heterocycles. The highest BCUT2D eigenvalue weighted by Gasteiger charge is 2.42. The van der Waals surface area contributed by atoms with Gasteiger partial charge in [-0.05, 0) is 62.5 Å². The van der Waals surface area contributed by atoms with Gasteiger partial charge < -0.3 is 9.80 Å². The zero-order chi connectivity index (χ0) is 18.1. The largest absolute Gasteiger partial charge is 0.343 e. The van der Waals surface area contributed by atoms with Crippen molar-refractivity contribution in [1.82, 2.24) is 14.8 Å². The Hall–Kier alpha value is -1.91. The van der Waals surface area contributed by atoms with E-state index in [9.17, 15) is 9.59 Å². The number of nitrogens with zero attached hydrogens (tertiary/aromatic N) is 3. The molecule has 1 aromatic rings. The number of likely N-dealkylation sites (tertiary alicyclic amines) is 2. The van der Waals surface area contributed by atoms with E-state index in [2.05, 4.69) is 9.88 Å². The van der Waals surface area contributed by atoms with Gasteiger partial charge in [-0.3, -0.25) is 14.6 Å². The Labute approximate surface area is 155 Å². The first-order valence-electron chi connectivity index (χ1n) is 10.0. The third-order valence-electron chi connectivity index (χ3n) is 6.38. The highest BCUT2D eigenvalue weighted by atomic mass is 16.2. The number of aryl methyl sites for hydroxylation is 1. The fourth-order valence-electron chi connectivity index (χ4n) is 4.47. The summed E-state index contributed by atoms with van der Waals surface area (Å²) in [5, 5.41) is 0. The van der Waals surface area contributed by atoms with Crippen LogP contribution in [0.15, 0.2) is 18.2 Å². The summed E-state index contributed by atoms with van der Waals surface area (Å²) in [5.74, 6) is 1.24. The van der Waals surface area contributed by atoms with Gasteiger partial charge in [0.1, 0.15) is 0 Å². The minimum Gasteiger partial charge on any atom is -0.343 e. The number of pyridine rings is 1. The second kappa shape index (κ2) is 7.01. The average molecular weight is 355 g/mol. The fourth-order valence-corrected chi connectivity index (χ4v) is 4.47. The summed E-state index contributed by atoms with van der Waals surface area (Å²) in [4.78, 5) is 33.4. The Bertz CT molecular complexity index is 690. The van der Waals surface area contributed by atoms with Crippen LogP contribution in [-0.2, 0) is 16.1 Å². The summed E-state index contributed by atoms with van der Waals surface area (Å²) in [6, 6.07) is 5.99. The molecule has 4 rings (SSSR count). The van der Waals surface area contributed by atoms with Gasteiger partial charge in [0.2, 0.25) is 11.8 Å². The lowest BCUT2D eigenvalue weighted by Gasteiger charge is -2.47. The van der Waals surface area contributed by atoms with Gasteiger partial charge in [-0.2, -0.15) is 0 Å². The van der Waals surface area contributed by atoms with Crippen LogP contribution in [0, 0.1) is 18.3 Å². The van der Waals surface area contributed by atoms with E-state index in [-0.39, 0.29) is 11.3 Å². The topological polar surface area (TPSA) is 53.5 Å². The van der Waals surface area contributed by atoms with Crippen molar-refractivity contribution >= 4 is 11.8 Å². The van der Waals surface area contributed by atoms with Crippen LogP contribution in [0.4, 0.5) is 0 Å². The van der Waals surface area contributed by atoms with E-state index >= 15 is 0 Å². The molecule has 3 heterocycles. The maximum Gasteiger partial charge on any atom is 0.222 e. The van der Waals surface area contributed by atoms with Gasteiger partial charge in [0.05, 0.1) is 12.2 Å². The van der Waals surface area contributed by atoms with E-state index in [1.54, 1.807) is 0 Å². The van der Waals surface area contributed by atoms with Crippen LogP contribution in [0.3, 0.4) is 0 Å². The normalized spacial score (nSPS) is 22.7. The third-order valence-corrected chi connectivity index (χ3v) is 6.38. The molecule has 1 saturated carbocycles. The Balaban J connectivity index is 1.36. The Kier molecular flexibility index (Phi) is 4.72. The summed E-state index contributed by atoms with van der Waals surface area (Å²) in [6.45, 7) is 5.11. The van der Waals surface area contributed by atoms with E-state index < -0.39 is 0 Å². The van der Waals surface area contributed by atoms with Crippen LogP contribution in [0.5, 0.6) is 0 Å². The van der Waals surface area contributed by atoms with Crippen LogP contribution in [0.2, 0.25) is 0 Å². The molecule has 140 valence electrons. The van der Waals surface area contributed by atoms with Crippen LogP contribution in [0.1, 0.15) is 56.3 Å². The number of aromatic nitrogens is 1. The predicted octanol–water partition coefficient (Wildman–Crippen LogP) is 2.92. The smallest absolute Gasteiger partial charge is 0.222 e. The summed E-state index contributed by atoms with van der Waals surface area (Å²) >= 11 is 0. The van der Waals surface area contributed by atoms with Crippen LogP contribution in [0.25, 0.3) is 0 Å². The maximum atomic E-state index is 12.4. The highest BCUT2D eigenvalue weighted by Crippen LogP contribution is 2.41. The summed E-state index contributed by atoms with van der Waals surface area (Å²) in [7, 11) is 0. The molecule has 0 radical (unpaired) electrons. The molecule has 5 nitrogen and oxygen atoms in total. The van der Waals surface area contributed by atoms with E-state index in [4.69, 9.17) is 0 Å². The first-order chi connectivity index (χ1) is 12.5. The first kappa shape index (κ1) is 17.5. The van der Waals surface area contributed by atoms with Crippen molar-refractivity contribution in [2.75, 3.05) is 19.6 Å². The monoisotopic (exact) mass is 355 g/mol. The molecule has 1 spiro atoms. The predicted molar refractivity (Wildman–Crippen MR) is 99.2 cm³/mol. The van der Waals surface area contributed by atoms with Gasteiger partial charge in [-0.15, -0.1) is 0 Å². The van der Waals surface area contributed by atoms with Gasteiger partial charge in [0.25, 0.3) is 0 Å².